The highest BCUT2D eigenvalue weighted by atomic mass is 16.2. The Morgan fingerprint density at radius 3 is 2.28 bits per heavy atom. The van der Waals surface area contributed by atoms with Gasteiger partial charge in [-0.15, -0.1) is 0 Å². The first-order chi connectivity index (χ1) is 8.67. The maximum atomic E-state index is 11.3. The van der Waals surface area contributed by atoms with Crippen LogP contribution in [0.25, 0.3) is 0 Å². The molecule has 0 aliphatic heterocycles. The number of nitriles is 1. The molecule has 0 aliphatic carbocycles. The quantitative estimate of drug-likeness (QED) is 0.774. The van der Waals surface area contributed by atoms with Gasteiger partial charge in [0, 0.05) is 13.6 Å². The van der Waals surface area contributed by atoms with Crippen molar-refractivity contribution in [3.05, 3.63) is 55.8 Å². The number of benzene rings is 1. The SMILES string of the molecule is CNc1c(NCc2ccc(C#N)cc2)c(=O)c1=O. The Bertz CT molecular complexity index is 674. The maximum Gasteiger partial charge on any atom is 0.253 e. The van der Waals surface area contributed by atoms with Crippen molar-refractivity contribution in [3.63, 3.8) is 0 Å². The first-order valence-corrected chi connectivity index (χ1v) is 5.41. The Hall–Kier alpha value is -2.61. The van der Waals surface area contributed by atoms with E-state index in [-0.39, 0.29) is 0 Å². The van der Waals surface area contributed by atoms with Crippen LogP contribution in [0.4, 0.5) is 11.4 Å². The van der Waals surface area contributed by atoms with E-state index in [1.807, 2.05) is 6.07 Å². The number of anilines is 2. The van der Waals surface area contributed by atoms with Gasteiger partial charge in [0.1, 0.15) is 11.4 Å². The molecule has 2 rings (SSSR count). The first kappa shape index (κ1) is 11.9. The van der Waals surface area contributed by atoms with Crippen molar-refractivity contribution < 1.29 is 0 Å². The monoisotopic (exact) mass is 241 g/mol. The van der Waals surface area contributed by atoms with Gasteiger partial charge in [0.2, 0.25) is 0 Å². The van der Waals surface area contributed by atoms with Gasteiger partial charge in [-0.1, -0.05) is 12.1 Å². The minimum absolute atomic E-state index is 0.326. The van der Waals surface area contributed by atoms with Crippen LogP contribution in [0, 0.1) is 11.3 Å². The van der Waals surface area contributed by atoms with Gasteiger partial charge < -0.3 is 10.6 Å². The first-order valence-electron chi connectivity index (χ1n) is 5.41. The van der Waals surface area contributed by atoms with Gasteiger partial charge in [-0.25, -0.2) is 0 Å². The van der Waals surface area contributed by atoms with Crippen molar-refractivity contribution in [2.45, 2.75) is 6.54 Å². The zero-order valence-electron chi connectivity index (χ0n) is 9.78. The maximum absolute atomic E-state index is 11.3. The molecule has 2 aromatic carbocycles. The number of rotatable bonds is 4. The van der Waals surface area contributed by atoms with E-state index < -0.39 is 10.9 Å². The summed E-state index contributed by atoms with van der Waals surface area (Å²) >= 11 is 0. The molecular formula is C13H11N3O2. The second-order valence-corrected chi connectivity index (χ2v) is 3.82. The summed E-state index contributed by atoms with van der Waals surface area (Å²) in [6, 6.07) is 9.05. The van der Waals surface area contributed by atoms with Crippen LogP contribution in [0.5, 0.6) is 0 Å². The fraction of sp³-hybridized carbons (Fsp3) is 0.154. The van der Waals surface area contributed by atoms with Gasteiger partial charge in [0.05, 0.1) is 11.6 Å². The van der Waals surface area contributed by atoms with Crippen LogP contribution in [0.15, 0.2) is 33.9 Å². The Balaban J connectivity index is 2.08. The molecule has 0 unspecified atom stereocenters. The van der Waals surface area contributed by atoms with E-state index >= 15 is 0 Å². The topological polar surface area (TPSA) is 82.0 Å². The molecular weight excluding hydrogens is 230 g/mol. The van der Waals surface area contributed by atoms with Crippen LogP contribution < -0.4 is 21.5 Å². The lowest BCUT2D eigenvalue weighted by atomic mass is 10.1. The molecule has 0 fully saturated rings. The summed E-state index contributed by atoms with van der Waals surface area (Å²) in [6.45, 7) is 0.436. The van der Waals surface area contributed by atoms with Gasteiger partial charge in [0.25, 0.3) is 10.9 Å². The van der Waals surface area contributed by atoms with Gasteiger partial charge in [-0.2, -0.15) is 5.26 Å². The third-order valence-electron chi connectivity index (χ3n) is 2.71. The van der Waals surface area contributed by atoms with Gasteiger partial charge >= 0.3 is 0 Å². The molecule has 2 N–H and O–H groups in total. The molecule has 5 nitrogen and oxygen atoms in total. The standard InChI is InChI=1S/C13H11N3O2/c1-15-10-11(13(18)12(10)17)16-7-9-4-2-8(6-14)3-5-9/h2-5,15-16H,7H2,1H3. The lowest BCUT2D eigenvalue weighted by Crippen LogP contribution is -2.36. The molecule has 0 heterocycles. The largest absolute Gasteiger partial charge is 0.383 e. The van der Waals surface area contributed by atoms with Crippen LogP contribution in [0.1, 0.15) is 11.1 Å². The summed E-state index contributed by atoms with van der Waals surface area (Å²) in [4.78, 5) is 22.5. The smallest absolute Gasteiger partial charge is 0.253 e. The van der Waals surface area contributed by atoms with E-state index in [1.54, 1.807) is 31.3 Å². The van der Waals surface area contributed by atoms with Crippen LogP contribution in [-0.2, 0) is 6.54 Å². The van der Waals surface area contributed by atoms with Crippen LogP contribution >= 0.6 is 0 Å². The fourth-order valence-electron chi connectivity index (χ4n) is 1.69. The lowest BCUT2D eigenvalue weighted by Gasteiger charge is -2.12. The van der Waals surface area contributed by atoms with E-state index in [1.165, 1.54) is 0 Å². The van der Waals surface area contributed by atoms with E-state index in [9.17, 15) is 9.59 Å². The molecule has 0 saturated heterocycles. The molecule has 0 amide bonds. The molecule has 0 aliphatic rings. The average molecular weight is 241 g/mol. The van der Waals surface area contributed by atoms with Crippen LogP contribution in [0.2, 0.25) is 0 Å². The molecule has 0 aromatic heterocycles. The molecule has 0 radical (unpaired) electrons. The second kappa shape index (κ2) is 4.72. The fourth-order valence-corrected chi connectivity index (χ4v) is 1.69. The number of nitrogens with zero attached hydrogens (tertiary/aromatic N) is 1. The zero-order valence-corrected chi connectivity index (χ0v) is 9.78. The van der Waals surface area contributed by atoms with Gasteiger partial charge in [0.15, 0.2) is 0 Å². The Morgan fingerprint density at radius 1 is 1.11 bits per heavy atom. The highest BCUT2D eigenvalue weighted by Crippen LogP contribution is 2.14. The number of hydrogen-bond donors (Lipinski definition) is 2. The summed E-state index contributed by atoms with van der Waals surface area (Å²) < 4.78 is 0. The van der Waals surface area contributed by atoms with Crippen LogP contribution in [-0.4, -0.2) is 7.05 Å². The van der Waals surface area contributed by atoms with E-state index in [2.05, 4.69) is 10.6 Å². The molecule has 90 valence electrons. The van der Waals surface area contributed by atoms with Crippen molar-refractivity contribution in [3.8, 4) is 6.07 Å². The van der Waals surface area contributed by atoms with Crippen LogP contribution in [0.3, 0.4) is 0 Å². The number of nitrogens with one attached hydrogen (secondary N) is 2. The van der Waals surface area contributed by atoms with Crippen molar-refractivity contribution >= 4 is 11.4 Å². The second-order valence-electron chi connectivity index (χ2n) is 3.82. The van der Waals surface area contributed by atoms with Crippen molar-refractivity contribution in [1.82, 2.24) is 0 Å². The van der Waals surface area contributed by atoms with E-state index in [0.29, 0.717) is 23.5 Å². The molecule has 0 atom stereocenters. The summed E-state index contributed by atoms with van der Waals surface area (Å²) in [6.07, 6.45) is 0. The Kier molecular flexibility index (Phi) is 3.11. The average Bonchev–Trinajstić information content (AvgIpc) is 2.42. The normalized spacial score (nSPS) is 10.0. The minimum Gasteiger partial charge on any atom is -0.383 e. The highest BCUT2D eigenvalue weighted by molar-refractivity contribution is 5.73. The molecule has 2 aromatic rings. The van der Waals surface area contributed by atoms with Crippen molar-refractivity contribution in [2.75, 3.05) is 17.7 Å². The van der Waals surface area contributed by atoms with E-state index in [0.717, 1.165) is 5.56 Å². The van der Waals surface area contributed by atoms with E-state index in [4.69, 9.17) is 5.26 Å². The van der Waals surface area contributed by atoms with Crippen molar-refractivity contribution in [2.24, 2.45) is 0 Å². The van der Waals surface area contributed by atoms with Gasteiger partial charge in [-0.05, 0) is 17.7 Å². The lowest BCUT2D eigenvalue weighted by molar-refractivity contribution is 1.12. The van der Waals surface area contributed by atoms with Crippen molar-refractivity contribution in [1.29, 1.82) is 5.26 Å². The summed E-state index contributed by atoms with van der Waals surface area (Å²) in [5.41, 5.74) is 1.20. The molecule has 0 bridgehead atoms. The summed E-state index contributed by atoms with van der Waals surface area (Å²) in [5.74, 6) is 0. The Labute approximate surface area is 103 Å². The van der Waals surface area contributed by atoms with Gasteiger partial charge in [-0.3, -0.25) is 9.59 Å². The molecule has 0 spiro atoms. The number of hydrogen-bond acceptors (Lipinski definition) is 5. The molecule has 18 heavy (non-hydrogen) atoms. The third-order valence-corrected chi connectivity index (χ3v) is 2.71. The summed E-state index contributed by atoms with van der Waals surface area (Å²) in [5, 5.41) is 14.3. The molecule has 5 heteroatoms. The minimum atomic E-state index is -0.493. The zero-order chi connectivity index (χ0) is 13.1. The molecule has 0 saturated carbocycles. The Morgan fingerprint density at radius 2 is 1.72 bits per heavy atom. The predicted octanol–water partition coefficient (Wildman–Crippen LogP) is 0.808. The third kappa shape index (κ3) is 1.96. The predicted molar refractivity (Wildman–Crippen MR) is 69.4 cm³/mol. The summed E-state index contributed by atoms with van der Waals surface area (Å²) in [7, 11) is 1.60. The highest BCUT2D eigenvalue weighted by Gasteiger charge is 2.18.